The van der Waals surface area contributed by atoms with Crippen LogP contribution in [-0.4, -0.2) is 11.0 Å². The number of hydrogen-bond donors (Lipinski definition) is 1. The molecule has 1 saturated carbocycles. The first-order valence-electron chi connectivity index (χ1n) is 5.83. The number of hydrogen-bond acceptors (Lipinski definition) is 3. The molecule has 1 heterocycles. The number of nitrogens with one attached hydrogen (secondary N) is 1. The topological polar surface area (TPSA) is 24.9 Å². The van der Waals surface area contributed by atoms with Gasteiger partial charge in [0.1, 0.15) is 5.01 Å². The monoisotopic (exact) mass is 224 g/mol. The Balaban J connectivity index is 2.07. The lowest BCUT2D eigenvalue weighted by Gasteiger charge is -2.31. The molecule has 1 aromatic heterocycles. The van der Waals surface area contributed by atoms with Gasteiger partial charge in [0.05, 0.1) is 5.54 Å². The van der Waals surface area contributed by atoms with Crippen LogP contribution in [0.15, 0.2) is 11.6 Å². The number of thiazole rings is 1. The van der Waals surface area contributed by atoms with Crippen molar-refractivity contribution < 1.29 is 0 Å². The fraction of sp³-hybridized carbons (Fsp3) is 0.750. The molecule has 2 atom stereocenters. The normalized spacial score (nSPS) is 22.3. The van der Waals surface area contributed by atoms with Gasteiger partial charge in [-0.3, -0.25) is 0 Å². The molecular formula is C12H20N2S. The third-order valence-corrected chi connectivity index (χ3v) is 4.52. The second-order valence-electron chi connectivity index (χ2n) is 4.79. The second-order valence-corrected chi connectivity index (χ2v) is 5.69. The van der Waals surface area contributed by atoms with Crippen LogP contribution in [0.25, 0.3) is 0 Å². The Kier molecular flexibility index (Phi) is 3.12. The Morgan fingerprint density at radius 2 is 2.40 bits per heavy atom. The van der Waals surface area contributed by atoms with E-state index in [9.17, 15) is 0 Å². The molecule has 1 aliphatic carbocycles. The molecule has 0 spiro atoms. The van der Waals surface area contributed by atoms with Crippen LogP contribution < -0.4 is 5.32 Å². The average molecular weight is 224 g/mol. The van der Waals surface area contributed by atoms with Crippen molar-refractivity contribution in [2.45, 2.75) is 51.6 Å². The van der Waals surface area contributed by atoms with Crippen LogP contribution in [0, 0.1) is 5.92 Å². The van der Waals surface area contributed by atoms with Gasteiger partial charge in [-0.15, -0.1) is 11.3 Å². The highest BCUT2D eigenvalue weighted by Gasteiger charge is 2.34. The quantitative estimate of drug-likeness (QED) is 0.831. The number of rotatable bonds is 5. The third kappa shape index (κ3) is 2.40. The van der Waals surface area contributed by atoms with Crippen LogP contribution in [0.2, 0.25) is 0 Å². The summed E-state index contributed by atoms with van der Waals surface area (Å²) < 4.78 is 0. The zero-order valence-electron chi connectivity index (χ0n) is 9.79. The zero-order chi connectivity index (χ0) is 10.9. The van der Waals surface area contributed by atoms with E-state index in [0.717, 1.165) is 12.3 Å². The van der Waals surface area contributed by atoms with Crippen LogP contribution in [0.4, 0.5) is 0 Å². The van der Waals surface area contributed by atoms with E-state index in [4.69, 9.17) is 0 Å². The lowest BCUT2D eigenvalue weighted by atomic mass is 9.97. The van der Waals surface area contributed by atoms with E-state index >= 15 is 0 Å². The van der Waals surface area contributed by atoms with Gasteiger partial charge in [0, 0.05) is 17.6 Å². The highest BCUT2D eigenvalue weighted by Crippen LogP contribution is 2.35. The number of nitrogens with zero attached hydrogens (tertiary/aromatic N) is 1. The number of aromatic nitrogens is 1. The van der Waals surface area contributed by atoms with Crippen molar-refractivity contribution in [2.75, 3.05) is 0 Å². The Morgan fingerprint density at radius 3 is 2.87 bits per heavy atom. The van der Waals surface area contributed by atoms with E-state index in [1.807, 2.05) is 6.20 Å². The lowest BCUT2D eigenvalue weighted by molar-refractivity contribution is 0.296. The van der Waals surface area contributed by atoms with E-state index in [2.05, 4.69) is 36.5 Å². The van der Waals surface area contributed by atoms with Crippen LogP contribution in [0.1, 0.15) is 45.0 Å². The van der Waals surface area contributed by atoms with Crippen molar-refractivity contribution in [3.8, 4) is 0 Å². The maximum atomic E-state index is 4.45. The summed E-state index contributed by atoms with van der Waals surface area (Å²) in [5, 5.41) is 7.04. The summed E-state index contributed by atoms with van der Waals surface area (Å²) >= 11 is 1.75. The average Bonchev–Trinajstić information content (AvgIpc) is 2.93. The van der Waals surface area contributed by atoms with Crippen molar-refractivity contribution >= 4 is 11.3 Å². The summed E-state index contributed by atoms with van der Waals surface area (Å²) in [6, 6.07) is 0.624. The highest BCUT2D eigenvalue weighted by atomic mass is 32.1. The van der Waals surface area contributed by atoms with Crippen molar-refractivity contribution in [3.63, 3.8) is 0 Å². The van der Waals surface area contributed by atoms with Gasteiger partial charge in [0.15, 0.2) is 0 Å². The van der Waals surface area contributed by atoms with Crippen LogP contribution in [-0.2, 0) is 5.54 Å². The molecule has 1 fully saturated rings. The maximum Gasteiger partial charge on any atom is 0.112 e. The summed E-state index contributed by atoms with van der Waals surface area (Å²) in [5.74, 6) is 0.899. The van der Waals surface area contributed by atoms with Gasteiger partial charge in [-0.05, 0) is 39.0 Å². The minimum Gasteiger partial charge on any atom is -0.303 e. The standard InChI is InChI=1S/C12H20N2S/c1-4-12(3,11-13-7-8-15-11)14-9(2)10-5-6-10/h7-10,14H,4-6H2,1-3H3. The van der Waals surface area contributed by atoms with Crippen molar-refractivity contribution in [1.29, 1.82) is 0 Å². The molecule has 3 heteroatoms. The minimum atomic E-state index is 0.0656. The molecule has 1 aromatic rings. The van der Waals surface area contributed by atoms with Crippen LogP contribution in [0.3, 0.4) is 0 Å². The molecule has 15 heavy (non-hydrogen) atoms. The van der Waals surface area contributed by atoms with Gasteiger partial charge in [-0.25, -0.2) is 4.98 Å². The lowest BCUT2D eigenvalue weighted by Crippen LogP contribution is -2.45. The van der Waals surface area contributed by atoms with E-state index < -0.39 is 0 Å². The third-order valence-electron chi connectivity index (χ3n) is 3.49. The molecule has 2 nitrogen and oxygen atoms in total. The predicted octanol–water partition coefficient (Wildman–Crippen LogP) is 3.16. The Hall–Kier alpha value is -0.410. The largest absolute Gasteiger partial charge is 0.303 e. The van der Waals surface area contributed by atoms with E-state index in [-0.39, 0.29) is 5.54 Å². The van der Waals surface area contributed by atoms with E-state index in [0.29, 0.717) is 6.04 Å². The Bertz CT molecular complexity index is 305. The maximum absolute atomic E-state index is 4.45. The SMILES string of the molecule is CCC(C)(NC(C)C1CC1)c1nccs1. The molecule has 0 bridgehead atoms. The second kappa shape index (κ2) is 4.22. The molecule has 0 aliphatic heterocycles. The molecule has 2 unspecified atom stereocenters. The van der Waals surface area contributed by atoms with Gasteiger partial charge in [-0.2, -0.15) is 0 Å². The van der Waals surface area contributed by atoms with Crippen LogP contribution >= 0.6 is 11.3 Å². The molecule has 0 saturated heterocycles. The van der Waals surface area contributed by atoms with Crippen molar-refractivity contribution in [2.24, 2.45) is 5.92 Å². The molecule has 0 amide bonds. The molecule has 1 aliphatic rings. The highest BCUT2D eigenvalue weighted by molar-refractivity contribution is 7.09. The van der Waals surface area contributed by atoms with Crippen molar-refractivity contribution in [1.82, 2.24) is 10.3 Å². The summed E-state index contributed by atoms with van der Waals surface area (Å²) in [6.45, 7) is 6.80. The molecule has 1 N–H and O–H groups in total. The summed E-state index contributed by atoms with van der Waals surface area (Å²) in [6.07, 6.45) is 5.78. The molecule has 0 radical (unpaired) electrons. The van der Waals surface area contributed by atoms with E-state index in [1.165, 1.54) is 17.8 Å². The first-order valence-corrected chi connectivity index (χ1v) is 6.71. The molecule has 0 aromatic carbocycles. The summed E-state index contributed by atoms with van der Waals surface area (Å²) in [4.78, 5) is 4.45. The van der Waals surface area contributed by atoms with Gasteiger partial charge < -0.3 is 5.32 Å². The fourth-order valence-corrected chi connectivity index (χ4v) is 2.86. The van der Waals surface area contributed by atoms with E-state index in [1.54, 1.807) is 11.3 Å². The zero-order valence-corrected chi connectivity index (χ0v) is 10.6. The van der Waals surface area contributed by atoms with Gasteiger partial charge in [0.2, 0.25) is 0 Å². The first kappa shape index (κ1) is 11.1. The summed E-state index contributed by atoms with van der Waals surface area (Å²) in [5.41, 5.74) is 0.0656. The molecule has 84 valence electrons. The van der Waals surface area contributed by atoms with Gasteiger partial charge in [0.25, 0.3) is 0 Å². The minimum absolute atomic E-state index is 0.0656. The van der Waals surface area contributed by atoms with Crippen LogP contribution in [0.5, 0.6) is 0 Å². The smallest absolute Gasteiger partial charge is 0.112 e. The Morgan fingerprint density at radius 1 is 1.67 bits per heavy atom. The van der Waals surface area contributed by atoms with Gasteiger partial charge in [-0.1, -0.05) is 6.92 Å². The first-order chi connectivity index (χ1) is 7.15. The van der Waals surface area contributed by atoms with Crippen molar-refractivity contribution in [3.05, 3.63) is 16.6 Å². The molecule has 2 rings (SSSR count). The fourth-order valence-electron chi connectivity index (χ4n) is 2.03. The predicted molar refractivity (Wildman–Crippen MR) is 65.1 cm³/mol. The molecular weight excluding hydrogens is 204 g/mol. The Labute approximate surface area is 96.1 Å². The van der Waals surface area contributed by atoms with Gasteiger partial charge >= 0.3 is 0 Å². The summed E-state index contributed by atoms with van der Waals surface area (Å²) in [7, 11) is 0.